The Morgan fingerprint density at radius 3 is 1.62 bits per heavy atom. The van der Waals surface area contributed by atoms with E-state index in [0.29, 0.717) is 17.8 Å². The van der Waals surface area contributed by atoms with Crippen LogP contribution in [-0.2, 0) is 0 Å². The highest BCUT2D eigenvalue weighted by Crippen LogP contribution is 2.32. The number of hydrogen-bond acceptors (Lipinski definition) is 1. The molecule has 0 aromatic rings. The van der Waals surface area contributed by atoms with Gasteiger partial charge >= 0.3 is 0 Å². The molecule has 0 spiro atoms. The Morgan fingerprint density at radius 1 is 0.875 bits per heavy atom. The minimum Gasteiger partial charge on any atom is -0.390 e. The Balaban J connectivity index is 4.39. The zero-order valence-electron chi connectivity index (χ0n) is 12.2. The number of hydrogen-bond donors (Lipinski definition) is 1. The summed E-state index contributed by atoms with van der Waals surface area (Å²) in [6.07, 6.45) is 5.31. The Labute approximate surface area is 103 Å². The van der Waals surface area contributed by atoms with Crippen LogP contribution in [0, 0.1) is 17.8 Å². The van der Waals surface area contributed by atoms with Gasteiger partial charge in [0.15, 0.2) is 0 Å². The lowest BCUT2D eigenvalue weighted by Crippen LogP contribution is -2.34. The van der Waals surface area contributed by atoms with Gasteiger partial charge in [-0.1, -0.05) is 54.4 Å². The van der Waals surface area contributed by atoms with Gasteiger partial charge in [-0.2, -0.15) is 0 Å². The Kier molecular flexibility index (Phi) is 7.30. The molecule has 0 bridgehead atoms. The van der Waals surface area contributed by atoms with E-state index < -0.39 is 5.60 Å². The predicted molar refractivity (Wildman–Crippen MR) is 72.5 cm³/mol. The third-order valence-electron chi connectivity index (χ3n) is 3.09. The van der Waals surface area contributed by atoms with Crippen molar-refractivity contribution in [1.29, 1.82) is 0 Å². The van der Waals surface area contributed by atoms with Gasteiger partial charge in [-0.3, -0.25) is 0 Å². The molecule has 16 heavy (non-hydrogen) atoms. The molecule has 98 valence electrons. The summed E-state index contributed by atoms with van der Waals surface area (Å²) in [4.78, 5) is 0. The maximum absolute atomic E-state index is 10.7. The van der Waals surface area contributed by atoms with E-state index in [2.05, 4.69) is 41.5 Å². The van der Waals surface area contributed by atoms with Crippen molar-refractivity contribution < 1.29 is 5.11 Å². The molecular weight excluding hydrogens is 196 g/mol. The van der Waals surface area contributed by atoms with Gasteiger partial charge in [0.1, 0.15) is 0 Å². The molecular formula is C15H32O. The second-order valence-corrected chi connectivity index (χ2v) is 6.52. The lowest BCUT2D eigenvalue weighted by atomic mass is 9.78. The lowest BCUT2D eigenvalue weighted by Gasteiger charge is -2.34. The highest BCUT2D eigenvalue weighted by atomic mass is 16.3. The van der Waals surface area contributed by atoms with E-state index in [1.807, 2.05) is 0 Å². The molecule has 1 unspecified atom stereocenters. The van der Waals surface area contributed by atoms with Crippen molar-refractivity contribution >= 4 is 0 Å². The van der Waals surface area contributed by atoms with Crippen molar-refractivity contribution in [3.63, 3.8) is 0 Å². The summed E-state index contributed by atoms with van der Waals surface area (Å²) in [7, 11) is 0. The van der Waals surface area contributed by atoms with E-state index in [0.717, 1.165) is 19.3 Å². The first-order chi connectivity index (χ1) is 7.29. The number of rotatable bonds is 8. The van der Waals surface area contributed by atoms with Crippen LogP contribution in [0.2, 0.25) is 0 Å². The molecule has 1 N–H and O–H groups in total. The predicted octanol–water partition coefficient (Wildman–Crippen LogP) is 4.64. The molecule has 0 aromatic carbocycles. The summed E-state index contributed by atoms with van der Waals surface area (Å²) in [6, 6.07) is 0. The highest BCUT2D eigenvalue weighted by Gasteiger charge is 2.30. The van der Waals surface area contributed by atoms with Gasteiger partial charge in [0.2, 0.25) is 0 Å². The van der Waals surface area contributed by atoms with Gasteiger partial charge < -0.3 is 5.11 Å². The number of aliphatic hydroxyl groups is 1. The summed E-state index contributed by atoms with van der Waals surface area (Å²) < 4.78 is 0. The van der Waals surface area contributed by atoms with Crippen LogP contribution in [0.5, 0.6) is 0 Å². The Morgan fingerprint density at radius 2 is 1.31 bits per heavy atom. The Bertz CT molecular complexity index is 162. The topological polar surface area (TPSA) is 20.2 Å². The quantitative estimate of drug-likeness (QED) is 0.642. The van der Waals surface area contributed by atoms with Gasteiger partial charge in [0, 0.05) is 0 Å². The van der Waals surface area contributed by atoms with E-state index in [1.165, 1.54) is 12.8 Å². The van der Waals surface area contributed by atoms with E-state index in [1.54, 1.807) is 0 Å². The molecule has 0 radical (unpaired) electrons. The van der Waals surface area contributed by atoms with Crippen molar-refractivity contribution in [2.24, 2.45) is 17.8 Å². The standard InChI is InChI=1S/C15H32O/c1-7-8-14(6)11-15(16,9-12(2)3)10-13(4)5/h12-14,16H,7-11H2,1-6H3. The van der Waals surface area contributed by atoms with Gasteiger partial charge in [-0.25, -0.2) is 0 Å². The van der Waals surface area contributed by atoms with Crippen LogP contribution >= 0.6 is 0 Å². The molecule has 0 fully saturated rings. The summed E-state index contributed by atoms with van der Waals surface area (Å²) in [5.41, 5.74) is -0.434. The largest absolute Gasteiger partial charge is 0.390 e. The van der Waals surface area contributed by atoms with Crippen LogP contribution < -0.4 is 0 Å². The molecule has 1 heteroatoms. The molecule has 0 saturated carbocycles. The van der Waals surface area contributed by atoms with E-state index in [9.17, 15) is 5.11 Å². The second kappa shape index (κ2) is 7.32. The van der Waals surface area contributed by atoms with Gasteiger partial charge in [-0.05, 0) is 37.0 Å². The van der Waals surface area contributed by atoms with Crippen LogP contribution in [0.15, 0.2) is 0 Å². The minimum atomic E-state index is -0.434. The average molecular weight is 228 g/mol. The van der Waals surface area contributed by atoms with Crippen LogP contribution in [0.4, 0.5) is 0 Å². The average Bonchev–Trinajstić information content (AvgIpc) is 1.98. The summed E-state index contributed by atoms with van der Waals surface area (Å²) in [6.45, 7) is 13.3. The van der Waals surface area contributed by atoms with Crippen LogP contribution in [0.25, 0.3) is 0 Å². The van der Waals surface area contributed by atoms with Crippen molar-refractivity contribution in [1.82, 2.24) is 0 Å². The summed E-state index contributed by atoms with van der Waals surface area (Å²) in [5.74, 6) is 1.81. The van der Waals surface area contributed by atoms with E-state index in [4.69, 9.17) is 0 Å². The molecule has 0 aliphatic carbocycles. The zero-order valence-corrected chi connectivity index (χ0v) is 12.2. The van der Waals surface area contributed by atoms with Crippen LogP contribution in [0.1, 0.15) is 73.6 Å². The van der Waals surface area contributed by atoms with Gasteiger partial charge in [0.05, 0.1) is 5.60 Å². The third kappa shape index (κ3) is 7.27. The monoisotopic (exact) mass is 228 g/mol. The minimum absolute atomic E-state index is 0.434. The molecule has 0 rings (SSSR count). The third-order valence-corrected chi connectivity index (χ3v) is 3.09. The van der Waals surface area contributed by atoms with Gasteiger partial charge in [-0.15, -0.1) is 0 Å². The van der Waals surface area contributed by atoms with Crippen molar-refractivity contribution in [2.45, 2.75) is 79.2 Å². The van der Waals surface area contributed by atoms with Crippen molar-refractivity contribution in [3.8, 4) is 0 Å². The Hall–Kier alpha value is -0.0400. The highest BCUT2D eigenvalue weighted by molar-refractivity contribution is 4.82. The first-order valence-electron chi connectivity index (χ1n) is 7.01. The lowest BCUT2D eigenvalue weighted by molar-refractivity contribution is -0.0200. The first-order valence-corrected chi connectivity index (χ1v) is 7.01. The maximum Gasteiger partial charge on any atom is 0.0655 e. The molecule has 1 atom stereocenters. The van der Waals surface area contributed by atoms with Crippen molar-refractivity contribution in [3.05, 3.63) is 0 Å². The molecule has 0 aliphatic heterocycles. The zero-order chi connectivity index (χ0) is 12.8. The summed E-state index contributed by atoms with van der Waals surface area (Å²) >= 11 is 0. The molecule has 0 amide bonds. The molecule has 1 nitrogen and oxygen atoms in total. The fourth-order valence-electron chi connectivity index (χ4n) is 3.01. The van der Waals surface area contributed by atoms with E-state index >= 15 is 0 Å². The normalized spacial score (nSPS) is 14.8. The molecule has 0 heterocycles. The van der Waals surface area contributed by atoms with Crippen molar-refractivity contribution in [2.75, 3.05) is 0 Å². The fraction of sp³-hybridized carbons (Fsp3) is 1.00. The summed E-state index contributed by atoms with van der Waals surface area (Å²) in [5, 5.41) is 10.7. The van der Waals surface area contributed by atoms with E-state index in [-0.39, 0.29) is 0 Å². The maximum atomic E-state index is 10.7. The first kappa shape index (κ1) is 16.0. The molecule has 0 aromatic heterocycles. The van der Waals surface area contributed by atoms with Crippen LogP contribution in [0.3, 0.4) is 0 Å². The van der Waals surface area contributed by atoms with Crippen LogP contribution in [-0.4, -0.2) is 10.7 Å². The molecule has 0 aliphatic rings. The smallest absolute Gasteiger partial charge is 0.0655 e. The second-order valence-electron chi connectivity index (χ2n) is 6.52. The fourth-order valence-corrected chi connectivity index (χ4v) is 3.01. The molecule has 0 saturated heterocycles. The van der Waals surface area contributed by atoms with Gasteiger partial charge in [0.25, 0.3) is 0 Å². The SMILES string of the molecule is CCCC(C)CC(O)(CC(C)C)CC(C)C.